The maximum absolute atomic E-state index is 13.5. The van der Waals surface area contributed by atoms with Crippen LogP contribution in [0.25, 0.3) is 22.3 Å². The quantitative estimate of drug-likeness (QED) is 0.780. The Labute approximate surface area is 126 Å². The summed E-state index contributed by atoms with van der Waals surface area (Å²) >= 11 is 0. The minimum Gasteiger partial charge on any atom is -0.393 e. The highest BCUT2D eigenvalue weighted by Gasteiger charge is 2.19. The van der Waals surface area contributed by atoms with Crippen molar-refractivity contribution in [2.75, 3.05) is 6.61 Å². The van der Waals surface area contributed by atoms with E-state index in [1.165, 1.54) is 12.1 Å². The van der Waals surface area contributed by atoms with Crippen LogP contribution in [-0.2, 0) is 0 Å². The molecule has 0 fully saturated rings. The zero-order valence-electron chi connectivity index (χ0n) is 12.0. The SMILES string of the molecule is Cc1c(-c2ccccn2)nc2cc(F)ccc2c1C(O)CO. The van der Waals surface area contributed by atoms with Crippen molar-refractivity contribution in [3.8, 4) is 11.4 Å². The molecule has 112 valence electrons. The number of benzene rings is 1. The Hall–Kier alpha value is -2.37. The van der Waals surface area contributed by atoms with Crippen molar-refractivity contribution in [2.45, 2.75) is 13.0 Å². The van der Waals surface area contributed by atoms with E-state index in [4.69, 9.17) is 0 Å². The van der Waals surface area contributed by atoms with E-state index in [1.807, 2.05) is 13.0 Å². The molecular weight excluding hydrogens is 283 g/mol. The average molecular weight is 298 g/mol. The van der Waals surface area contributed by atoms with E-state index < -0.39 is 18.5 Å². The summed E-state index contributed by atoms with van der Waals surface area (Å²) < 4.78 is 13.5. The van der Waals surface area contributed by atoms with Gasteiger partial charge < -0.3 is 10.2 Å². The van der Waals surface area contributed by atoms with E-state index >= 15 is 0 Å². The van der Waals surface area contributed by atoms with E-state index in [0.717, 1.165) is 5.56 Å². The van der Waals surface area contributed by atoms with Crippen LogP contribution in [0.1, 0.15) is 17.2 Å². The van der Waals surface area contributed by atoms with Crippen LogP contribution in [0.2, 0.25) is 0 Å². The molecular formula is C17H15FN2O2. The first kappa shape index (κ1) is 14.6. The summed E-state index contributed by atoms with van der Waals surface area (Å²) in [6.07, 6.45) is 0.590. The summed E-state index contributed by atoms with van der Waals surface area (Å²) in [6.45, 7) is 1.40. The van der Waals surface area contributed by atoms with E-state index in [2.05, 4.69) is 9.97 Å². The second-order valence-corrected chi connectivity index (χ2v) is 5.07. The summed E-state index contributed by atoms with van der Waals surface area (Å²) in [5.74, 6) is -0.403. The van der Waals surface area contributed by atoms with Gasteiger partial charge in [-0.25, -0.2) is 9.37 Å². The Morgan fingerprint density at radius 1 is 1.23 bits per heavy atom. The summed E-state index contributed by atoms with van der Waals surface area (Å²) in [5, 5.41) is 20.1. The molecule has 0 saturated heterocycles. The number of fused-ring (bicyclic) bond motifs is 1. The number of aliphatic hydroxyl groups excluding tert-OH is 2. The number of halogens is 1. The lowest BCUT2D eigenvalue weighted by molar-refractivity contribution is 0.0962. The molecule has 2 heterocycles. The van der Waals surface area contributed by atoms with Crippen molar-refractivity contribution < 1.29 is 14.6 Å². The second kappa shape index (κ2) is 5.79. The van der Waals surface area contributed by atoms with Crippen LogP contribution < -0.4 is 0 Å². The van der Waals surface area contributed by atoms with E-state index in [1.54, 1.807) is 24.4 Å². The number of aromatic nitrogens is 2. The standard InChI is InChI=1S/C17H15FN2O2/c1-10-16(15(22)9-21)12-6-5-11(18)8-14(12)20-17(10)13-4-2-3-7-19-13/h2-8,15,21-22H,9H2,1H3. The van der Waals surface area contributed by atoms with Crippen molar-refractivity contribution in [3.63, 3.8) is 0 Å². The van der Waals surface area contributed by atoms with Crippen molar-refractivity contribution in [1.29, 1.82) is 0 Å². The normalized spacial score (nSPS) is 12.5. The van der Waals surface area contributed by atoms with Crippen LogP contribution in [0.4, 0.5) is 4.39 Å². The third kappa shape index (κ3) is 2.45. The molecule has 3 rings (SSSR count). The number of hydrogen-bond donors (Lipinski definition) is 2. The zero-order chi connectivity index (χ0) is 15.7. The molecule has 22 heavy (non-hydrogen) atoms. The molecule has 2 N–H and O–H groups in total. The third-order valence-corrected chi connectivity index (χ3v) is 3.66. The van der Waals surface area contributed by atoms with Gasteiger partial charge in [-0.05, 0) is 42.3 Å². The predicted molar refractivity (Wildman–Crippen MR) is 81.7 cm³/mol. The van der Waals surface area contributed by atoms with Crippen molar-refractivity contribution in [2.24, 2.45) is 0 Å². The minimum atomic E-state index is -1.06. The lowest BCUT2D eigenvalue weighted by atomic mass is 9.96. The molecule has 0 radical (unpaired) electrons. The van der Waals surface area contributed by atoms with E-state index in [0.29, 0.717) is 27.9 Å². The monoisotopic (exact) mass is 298 g/mol. The number of rotatable bonds is 3. The fraction of sp³-hybridized carbons (Fsp3) is 0.176. The highest BCUT2D eigenvalue weighted by atomic mass is 19.1. The summed E-state index contributed by atoms with van der Waals surface area (Å²) in [7, 11) is 0. The smallest absolute Gasteiger partial charge is 0.125 e. The van der Waals surface area contributed by atoms with Gasteiger partial charge in [-0.2, -0.15) is 0 Å². The molecule has 2 aromatic heterocycles. The third-order valence-electron chi connectivity index (χ3n) is 3.66. The maximum Gasteiger partial charge on any atom is 0.125 e. The van der Waals surface area contributed by atoms with Gasteiger partial charge in [-0.15, -0.1) is 0 Å². The Morgan fingerprint density at radius 2 is 2.05 bits per heavy atom. The van der Waals surface area contributed by atoms with E-state index in [9.17, 15) is 14.6 Å². The van der Waals surface area contributed by atoms with Gasteiger partial charge in [0.05, 0.1) is 23.5 Å². The molecule has 1 aromatic carbocycles. The van der Waals surface area contributed by atoms with Crippen LogP contribution in [-0.4, -0.2) is 26.8 Å². The van der Waals surface area contributed by atoms with Gasteiger partial charge in [0.15, 0.2) is 0 Å². The number of aliphatic hydroxyl groups is 2. The summed E-state index contributed by atoms with van der Waals surface area (Å²) in [4.78, 5) is 8.75. The van der Waals surface area contributed by atoms with Crippen molar-refractivity contribution >= 4 is 10.9 Å². The molecule has 4 nitrogen and oxygen atoms in total. The molecule has 5 heteroatoms. The Kier molecular flexibility index (Phi) is 3.83. The zero-order valence-corrected chi connectivity index (χ0v) is 12.0. The Bertz CT molecular complexity index is 822. The molecule has 0 amide bonds. The van der Waals surface area contributed by atoms with Gasteiger partial charge in [-0.1, -0.05) is 6.07 Å². The van der Waals surface area contributed by atoms with Gasteiger partial charge in [0.1, 0.15) is 11.9 Å². The van der Waals surface area contributed by atoms with Crippen LogP contribution >= 0.6 is 0 Å². The Morgan fingerprint density at radius 3 is 2.73 bits per heavy atom. The molecule has 0 aliphatic carbocycles. The average Bonchev–Trinajstić information content (AvgIpc) is 2.54. The van der Waals surface area contributed by atoms with Gasteiger partial charge in [0.2, 0.25) is 0 Å². The van der Waals surface area contributed by atoms with Crippen molar-refractivity contribution in [1.82, 2.24) is 9.97 Å². The minimum absolute atomic E-state index is 0.403. The lowest BCUT2D eigenvalue weighted by Gasteiger charge is -2.17. The molecule has 1 unspecified atom stereocenters. The number of pyridine rings is 2. The lowest BCUT2D eigenvalue weighted by Crippen LogP contribution is -2.08. The summed E-state index contributed by atoms with van der Waals surface area (Å²) in [5.41, 5.74) is 2.90. The number of hydrogen-bond acceptors (Lipinski definition) is 4. The largest absolute Gasteiger partial charge is 0.393 e. The van der Waals surface area contributed by atoms with Crippen LogP contribution in [0.15, 0.2) is 42.6 Å². The first-order valence-electron chi connectivity index (χ1n) is 6.92. The van der Waals surface area contributed by atoms with Gasteiger partial charge in [0.25, 0.3) is 0 Å². The maximum atomic E-state index is 13.5. The second-order valence-electron chi connectivity index (χ2n) is 5.07. The van der Waals surface area contributed by atoms with Gasteiger partial charge in [-0.3, -0.25) is 4.98 Å². The van der Waals surface area contributed by atoms with Crippen LogP contribution in [0.5, 0.6) is 0 Å². The molecule has 3 aromatic rings. The fourth-order valence-electron chi connectivity index (χ4n) is 2.63. The number of nitrogens with zero attached hydrogens (tertiary/aromatic N) is 2. The first-order chi connectivity index (χ1) is 10.6. The summed E-state index contributed by atoms with van der Waals surface area (Å²) in [6, 6.07) is 9.63. The highest BCUT2D eigenvalue weighted by molar-refractivity contribution is 5.87. The highest BCUT2D eigenvalue weighted by Crippen LogP contribution is 2.32. The molecule has 0 spiro atoms. The molecule has 0 saturated carbocycles. The van der Waals surface area contributed by atoms with Crippen molar-refractivity contribution in [3.05, 3.63) is 59.5 Å². The van der Waals surface area contributed by atoms with Crippen LogP contribution in [0, 0.1) is 12.7 Å². The fourth-order valence-corrected chi connectivity index (χ4v) is 2.63. The Balaban J connectivity index is 2.37. The topological polar surface area (TPSA) is 66.2 Å². The molecule has 1 atom stereocenters. The van der Waals surface area contributed by atoms with Crippen LogP contribution in [0.3, 0.4) is 0 Å². The molecule has 0 aliphatic rings. The van der Waals surface area contributed by atoms with Gasteiger partial charge in [0, 0.05) is 17.6 Å². The first-order valence-corrected chi connectivity index (χ1v) is 6.92. The van der Waals surface area contributed by atoms with Gasteiger partial charge >= 0.3 is 0 Å². The van der Waals surface area contributed by atoms with E-state index in [-0.39, 0.29) is 0 Å². The molecule has 0 bridgehead atoms. The predicted octanol–water partition coefficient (Wildman–Crippen LogP) is 2.77. The molecule has 0 aliphatic heterocycles.